The highest BCUT2D eigenvalue weighted by Gasteiger charge is 2.17. The standard InChI is InChI=1S/C16H21NO3S/c18-16(17-12-4-1-2-5-12)11-21-13-6-7-14-15(10-13)20-9-3-8-19-14/h6-7,10,12H,1-5,8-9,11H2,(H,17,18). The van der Waals surface area contributed by atoms with Crippen molar-refractivity contribution in [3.63, 3.8) is 0 Å². The number of fused-ring (bicyclic) bond motifs is 1. The average molecular weight is 307 g/mol. The fourth-order valence-corrected chi connectivity index (χ4v) is 3.46. The molecule has 1 saturated carbocycles. The molecule has 1 aliphatic carbocycles. The first kappa shape index (κ1) is 14.6. The highest BCUT2D eigenvalue weighted by molar-refractivity contribution is 8.00. The molecule has 0 bridgehead atoms. The number of benzene rings is 1. The molecule has 0 atom stereocenters. The Balaban J connectivity index is 1.52. The minimum absolute atomic E-state index is 0.124. The van der Waals surface area contributed by atoms with Gasteiger partial charge in [0.15, 0.2) is 11.5 Å². The number of nitrogens with one attached hydrogen (secondary N) is 1. The van der Waals surface area contributed by atoms with Crippen molar-refractivity contribution in [2.75, 3.05) is 19.0 Å². The molecule has 1 heterocycles. The number of hydrogen-bond donors (Lipinski definition) is 1. The maximum atomic E-state index is 11.9. The molecule has 3 rings (SSSR count). The third kappa shape index (κ3) is 4.06. The molecule has 0 unspecified atom stereocenters. The highest BCUT2D eigenvalue weighted by Crippen LogP contribution is 2.33. The van der Waals surface area contributed by atoms with Crippen LogP contribution in [0.3, 0.4) is 0 Å². The van der Waals surface area contributed by atoms with Crippen LogP contribution in [0.25, 0.3) is 0 Å². The topological polar surface area (TPSA) is 47.6 Å². The molecule has 0 spiro atoms. The Morgan fingerprint density at radius 3 is 2.71 bits per heavy atom. The van der Waals surface area contributed by atoms with Crippen LogP contribution in [0.4, 0.5) is 0 Å². The molecule has 1 aromatic carbocycles. The molecule has 1 fully saturated rings. The fraction of sp³-hybridized carbons (Fsp3) is 0.562. The molecule has 5 heteroatoms. The summed E-state index contributed by atoms with van der Waals surface area (Å²) >= 11 is 1.54. The van der Waals surface area contributed by atoms with Crippen molar-refractivity contribution in [3.05, 3.63) is 18.2 Å². The van der Waals surface area contributed by atoms with Crippen molar-refractivity contribution in [2.45, 2.75) is 43.0 Å². The maximum absolute atomic E-state index is 11.9. The van der Waals surface area contributed by atoms with Crippen LogP contribution >= 0.6 is 11.8 Å². The predicted molar refractivity (Wildman–Crippen MR) is 83.2 cm³/mol. The molecule has 1 aromatic rings. The molecule has 0 saturated heterocycles. The first-order valence-corrected chi connectivity index (χ1v) is 8.61. The summed E-state index contributed by atoms with van der Waals surface area (Å²) in [6, 6.07) is 6.27. The van der Waals surface area contributed by atoms with E-state index in [2.05, 4.69) is 5.32 Å². The zero-order chi connectivity index (χ0) is 14.5. The average Bonchev–Trinajstić information content (AvgIpc) is 2.88. The Morgan fingerprint density at radius 1 is 1.14 bits per heavy atom. The maximum Gasteiger partial charge on any atom is 0.230 e. The number of carbonyl (C=O) groups excluding carboxylic acids is 1. The lowest BCUT2D eigenvalue weighted by atomic mass is 10.2. The van der Waals surface area contributed by atoms with Crippen LogP contribution in [0.5, 0.6) is 11.5 Å². The van der Waals surface area contributed by atoms with Gasteiger partial charge < -0.3 is 14.8 Å². The minimum atomic E-state index is 0.124. The van der Waals surface area contributed by atoms with Gasteiger partial charge in [0.1, 0.15) is 0 Å². The van der Waals surface area contributed by atoms with Gasteiger partial charge in [0.05, 0.1) is 19.0 Å². The predicted octanol–water partition coefficient (Wildman–Crippen LogP) is 3.00. The van der Waals surface area contributed by atoms with Crippen LogP contribution in [-0.4, -0.2) is 30.9 Å². The molecular weight excluding hydrogens is 286 g/mol. The van der Waals surface area contributed by atoms with Gasteiger partial charge in [-0.15, -0.1) is 11.8 Å². The Labute approximate surface area is 129 Å². The summed E-state index contributed by atoms with van der Waals surface area (Å²) in [7, 11) is 0. The van der Waals surface area contributed by atoms with Gasteiger partial charge in [-0.05, 0) is 31.0 Å². The van der Waals surface area contributed by atoms with Gasteiger partial charge in [0.2, 0.25) is 5.91 Å². The second-order valence-corrected chi connectivity index (χ2v) is 6.55. The molecule has 21 heavy (non-hydrogen) atoms. The first-order chi connectivity index (χ1) is 10.3. The summed E-state index contributed by atoms with van der Waals surface area (Å²) in [6.07, 6.45) is 5.63. The lowest BCUT2D eigenvalue weighted by molar-refractivity contribution is -0.119. The van der Waals surface area contributed by atoms with E-state index in [-0.39, 0.29) is 5.91 Å². The lowest BCUT2D eigenvalue weighted by Gasteiger charge is -2.12. The van der Waals surface area contributed by atoms with E-state index in [1.165, 1.54) is 12.8 Å². The van der Waals surface area contributed by atoms with Gasteiger partial charge in [0.25, 0.3) is 0 Å². The molecule has 114 valence electrons. The highest BCUT2D eigenvalue weighted by atomic mass is 32.2. The van der Waals surface area contributed by atoms with Crippen LogP contribution in [0.15, 0.2) is 23.1 Å². The van der Waals surface area contributed by atoms with Gasteiger partial charge >= 0.3 is 0 Å². The van der Waals surface area contributed by atoms with Crippen LogP contribution in [0.1, 0.15) is 32.1 Å². The third-order valence-corrected chi connectivity index (χ3v) is 4.80. The summed E-state index contributed by atoms with van der Waals surface area (Å²) in [4.78, 5) is 13.0. The second-order valence-electron chi connectivity index (χ2n) is 5.50. The van der Waals surface area contributed by atoms with Crippen molar-refractivity contribution < 1.29 is 14.3 Å². The van der Waals surface area contributed by atoms with Crippen LogP contribution < -0.4 is 14.8 Å². The molecule has 0 radical (unpaired) electrons. The first-order valence-electron chi connectivity index (χ1n) is 7.63. The number of amides is 1. The summed E-state index contributed by atoms with van der Waals surface area (Å²) in [5, 5.41) is 3.11. The largest absolute Gasteiger partial charge is 0.490 e. The van der Waals surface area contributed by atoms with Crippen molar-refractivity contribution >= 4 is 17.7 Å². The van der Waals surface area contributed by atoms with E-state index in [0.29, 0.717) is 25.0 Å². The van der Waals surface area contributed by atoms with Crippen molar-refractivity contribution in [1.29, 1.82) is 0 Å². The van der Waals surface area contributed by atoms with Gasteiger partial charge in [-0.25, -0.2) is 0 Å². The summed E-state index contributed by atoms with van der Waals surface area (Å²) in [5.41, 5.74) is 0. The van der Waals surface area contributed by atoms with Crippen molar-refractivity contribution in [1.82, 2.24) is 5.32 Å². The number of hydrogen-bond acceptors (Lipinski definition) is 4. The summed E-state index contributed by atoms with van der Waals surface area (Å²) in [6.45, 7) is 1.38. The molecule has 0 aromatic heterocycles. The summed E-state index contributed by atoms with van der Waals surface area (Å²) in [5.74, 6) is 2.16. The van der Waals surface area contributed by atoms with Gasteiger partial charge in [-0.2, -0.15) is 0 Å². The molecule has 4 nitrogen and oxygen atoms in total. The smallest absolute Gasteiger partial charge is 0.230 e. The zero-order valence-corrected chi connectivity index (χ0v) is 12.9. The van der Waals surface area contributed by atoms with E-state index >= 15 is 0 Å². The van der Waals surface area contributed by atoms with Gasteiger partial charge in [-0.3, -0.25) is 4.79 Å². The Morgan fingerprint density at radius 2 is 1.90 bits per heavy atom. The monoisotopic (exact) mass is 307 g/mol. The normalized spacial score (nSPS) is 18.3. The number of thioether (sulfide) groups is 1. The third-order valence-electron chi connectivity index (χ3n) is 3.81. The van der Waals surface area contributed by atoms with Gasteiger partial charge in [0, 0.05) is 17.4 Å². The zero-order valence-electron chi connectivity index (χ0n) is 12.1. The molecule has 2 aliphatic rings. The lowest BCUT2D eigenvalue weighted by Crippen LogP contribution is -2.33. The van der Waals surface area contributed by atoms with E-state index in [1.807, 2.05) is 18.2 Å². The molecule has 1 amide bonds. The minimum Gasteiger partial charge on any atom is -0.490 e. The van der Waals surface area contributed by atoms with E-state index in [9.17, 15) is 4.79 Å². The van der Waals surface area contributed by atoms with Crippen LogP contribution in [-0.2, 0) is 4.79 Å². The SMILES string of the molecule is O=C(CSc1ccc2c(c1)OCCCO2)NC1CCCC1. The van der Waals surface area contributed by atoms with Crippen molar-refractivity contribution in [2.24, 2.45) is 0 Å². The number of rotatable bonds is 4. The second kappa shape index (κ2) is 7.07. The van der Waals surface area contributed by atoms with E-state index < -0.39 is 0 Å². The molecule has 1 aliphatic heterocycles. The van der Waals surface area contributed by atoms with E-state index in [4.69, 9.17) is 9.47 Å². The summed E-state index contributed by atoms with van der Waals surface area (Å²) < 4.78 is 11.3. The number of carbonyl (C=O) groups is 1. The number of ether oxygens (including phenoxy) is 2. The molecule has 1 N–H and O–H groups in total. The van der Waals surface area contributed by atoms with E-state index in [1.54, 1.807) is 11.8 Å². The van der Waals surface area contributed by atoms with Crippen molar-refractivity contribution in [3.8, 4) is 11.5 Å². The van der Waals surface area contributed by atoms with Crippen LogP contribution in [0.2, 0.25) is 0 Å². The Kier molecular flexibility index (Phi) is 4.91. The van der Waals surface area contributed by atoms with Crippen LogP contribution in [0, 0.1) is 0 Å². The fourth-order valence-electron chi connectivity index (χ4n) is 2.72. The Hall–Kier alpha value is -1.36. The molecular formula is C16H21NO3S. The quantitative estimate of drug-likeness (QED) is 0.869. The van der Waals surface area contributed by atoms with Gasteiger partial charge in [-0.1, -0.05) is 12.8 Å². The Bertz CT molecular complexity index is 500. The van der Waals surface area contributed by atoms with E-state index in [0.717, 1.165) is 35.7 Å².